The maximum absolute atomic E-state index is 12.1. The molecular formula is C13H13N3O5. The Kier molecular flexibility index (Phi) is 4.17. The summed E-state index contributed by atoms with van der Waals surface area (Å²) in [6.07, 6.45) is 0. The lowest BCUT2D eigenvalue weighted by Crippen LogP contribution is -2.26. The van der Waals surface area contributed by atoms with E-state index in [0.717, 1.165) is 0 Å². The summed E-state index contributed by atoms with van der Waals surface area (Å²) in [7, 11) is 2.93. The number of hydrogen-bond donors (Lipinski definition) is 0. The number of hydrogen-bond acceptors (Lipinski definition) is 6. The Labute approximate surface area is 120 Å². The van der Waals surface area contributed by atoms with Crippen LogP contribution in [0.3, 0.4) is 0 Å². The molecule has 0 N–H and O–H groups in total. The van der Waals surface area contributed by atoms with Crippen LogP contribution in [0.2, 0.25) is 0 Å². The maximum atomic E-state index is 12.1. The third-order valence-corrected chi connectivity index (χ3v) is 2.85. The van der Waals surface area contributed by atoms with Crippen molar-refractivity contribution in [3.05, 3.63) is 51.8 Å². The molecule has 0 bridgehead atoms. The van der Waals surface area contributed by atoms with Gasteiger partial charge in [-0.2, -0.15) is 0 Å². The molecular weight excluding hydrogens is 278 g/mol. The smallest absolute Gasteiger partial charge is 0.292 e. The third kappa shape index (κ3) is 3.16. The van der Waals surface area contributed by atoms with E-state index in [1.165, 1.54) is 31.2 Å². The highest BCUT2D eigenvalue weighted by atomic mass is 16.6. The van der Waals surface area contributed by atoms with Crippen LogP contribution < -0.4 is 4.74 Å². The van der Waals surface area contributed by atoms with Gasteiger partial charge in [-0.05, 0) is 5.16 Å². The number of methoxy groups -OCH3 is 1. The number of carbonyl (C=O) groups is 1. The van der Waals surface area contributed by atoms with Gasteiger partial charge in [0.05, 0.1) is 24.6 Å². The molecule has 0 aliphatic carbocycles. The molecule has 0 atom stereocenters. The van der Waals surface area contributed by atoms with E-state index in [9.17, 15) is 14.9 Å². The van der Waals surface area contributed by atoms with E-state index in [4.69, 9.17) is 9.26 Å². The molecule has 1 heterocycles. The monoisotopic (exact) mass is 291 g/mol. The average molecular weight is 291 g/mol. The fourth-order valence-electron chi connectivity index (χ4n) is 1.79. The van der Waals surface area contributed by atoms with Gasteiger partial charge >= 0.3 is 0 Å². The van der Waals surface area contributed by atoms with E-state index in [0.29, 0.717) is 5.56 Å². The molecule has 8 heteroatoms. The molecule has 0 saturated carbocycles. The first-order chi connectivity index (χ1) is 10.0. The third-order valence-electron chi connectivity index (χ3n) is 2.85. The van der Waals surface area contributed by atoms with Crippen molar-refractivity contribution < 1.29 is 19.0 Å². The maximum Gasteiger partial charge on any atom is 0.292 e. The number of amides is 1. The summed E-state index contributed by atoms with van der Waals surface area (Å²) in [6, 6.07) is 7.61. The Morgan fingerprint density at radius 2 is 2.19 bits per heavy atom. The standard InChI is InChI=1S/C13H13N3O5/c1-15(13(17)11-7-12(20-2)14-21-11)8-9-5-3-4-6-10(9)16(18)19/h3-7H,8H2,1-2H3. The lowest BCUT2D eigenvalue weighted by atomic mass is 10.1. The zero-order chi connectivity index (χ0) is 15.4. The number of aromatic nitrogens is 1. The molecule has 0 radical (unpaired) electrons. The summed E-state index contributed by atoms with van der Waals surface area (Å²) in [5, 5.41) is 14.5. The second-order valence-corrected chi connectivity index (χ2v) is 4.28. The van der Waals surface area contributed by atoms with Crippen LogP contribution in [0.1, 0.15) is 16.1 Å². The minimum absolute atomic E-state index is 0.00735. The van der Waals surface area contributed by atoms with Crippen molar-refractivity contribution in [3.63, 3.8) is 0 Å². The van der Waals surface area contributed by atoms with Crippen LogP contribution in [-0.4, -0.2) is 35.0 Å². The summed E-state index contributed by atoms with van der Waals surface area (Å²) < 4.78 is 9.68. The van der Waals surface area contributed by atoms with Crippen LogP contribution in [0.4, 0.5) is 5.69 Å². The molecule has 0 aliphatic rings. The van der Waals surface area contributed by atoms with Gasteiger partial charge in [-0.1, -0.05) is 18.2 Å². The van der Waals surface area contributed by atoms with Gasteiger partial charge in [-0.15, -0.1) is 0 Å². The van der Waals surface area contributed by atoms with Crippen LogP contribution in [-0.2, 0) is 6.54 Å². The van der Waals surface area contributed by atoms with Crippen molar-refractivity contribution >= 4 is 11.6 Å². The van der Waals surface area contributed by atoms with E-state index < -0.39 is 10.8 Å². The molecule has 0 saturated heterocycles. The number of rotatable bonds is 5. The van der Waals surface area contributed by atoms with E-state index >= 15 is 0 Å². The van der Waals surface area contributed by atoms with Crippen LogP contribution >= 0.6 is 0 Å². The van der Waals surface area contributed by atoms with Crippen molar-refractivity contribution in [1.82, 2.24) is 10.1 Å². The Balaban J connectivity index is 2.16. The molecule has 2 rings (SSSR count). The predicted octanol–water partition coefficient (Wildman–Crippen LogP) is 1.86. The minimum atomic E-state index is -0.481. The van der Waals surface area contributed by atoms with Crippen molar-refractivity contribution in [2.24, 2.45) is 0 Å². The van der Waals surface area contributed by atoms with Crippen molar-refractivity contribution in [2.45, 2.75) is 6.54 Å². The molecule has 110 valence electrons. The molecule has 0 spiro atoms. The van der Waals surface area contributed by atoms with Crippen LogP contribution in [0.5, 0.6) is 5.88 Å². The Hall–Kier alpha value is -2.90. The molecule has 1 aromatic carbocycles. The van der Waals surface area contributed by atoms with Gasteiger partial charge in [-0.3, -0.25) is 14.9 Å². The largest absolute Gasteiger partial charge is 0.479 e. The highest BCUT2D eigenvalue weighted by Gasteiger charge is 2.21. The molecule has 0 aliphatic heterocycles. The second-order valence-electron chi connectivity index (χ2n) is 4.28. The van der Waals surface area contributed by atoms with Crippen molar-refractivity contribution in [1.29, 1.82) is 0 Å². The molecule has 0 unspecified atom stereocenters. The molecule has 8 nitrogen and oxygen atoms in total. The Bertz CT molecular complexity index is 667. The van der Waals surface area contributed by atoms with Gasteiger partial charge in [0, 0.05) is 18.7 Å². The van der Waals surface area contributed by atoms with Crippen LogP contribution in [0, 0.1) is 10.1 Å². The SMILES string of the molecule is COc1cc(C(=O)N(C)Cc2ccccc2[N+](=O)[O-])on1. The van der Waals surface area contributed by atoms with Gasteiger partial charge in [0.25, 0.3) is 17.5 Å². The second kappa shape index (κ2) is 6.04. The van der Waals surface area contributed by atoms with Crippen LogP contribution in [0.15, 0.2) is 34.9 Å². The summed E-state index contributed by atoms with van der Waals surface area (Å²) >= 11 is 0. The van der Waals surface area contributed by atoms with E-state index in [1.54, 1.807) is 18.2 Å². The highest BCUT2D eigenvalue weighted by Crippen LogP contribution is 2.20. The fourth-order valence-corrected chi connectivity index (χ4v) is 1.79. The van der Waals surface area contributed by atoms with Gasteiger partial charge in [0.15, 0.2) is 0 Å². The first-order valence-electron chi connectivity index (χ1n) is 6.01. The van der Waals surface area contributed by atoms with Gasteiger partial charge < -0.3 is 14.2 Å². The quantitative estimate of drug-likeness (QED) is 0.616. The number of carbonyl (C=O) groups excluding carboxylic acids is 1. The highest BCUT2D eigenvalue weighted by molar-refractivity contribution is 5.91. The fraction of sp³-hybridized carbons (Fsp3) is 0.231. The first kappa shape index (κ1) is 14.5. The Morgan fingerprint density at radius 3 is 2.81 bits per heavy atom. The molecule has 0 fully saturated rings. The number of nitro benzene ring substituents is 1. The van der Waals surface area contributed by atoms with Gasteiger partial charge in [0.1, 0.15) is 0 Å². The number of benzene rings is 1. The molecule has 1 amide bonds. The first-order valence-corrected chi connectivity index (χ1v) is 6.01. The zero-order valence-electron chi connectivity index (χ0n) is 11.5. The summed E-state index contributed by atoms with van der Waals surface area (Å²) in [5.74, 6) is -0.241. The summed E-state index contributed by atoms with van der Waals surface area (Å²) in [4.78, 5) is 23.9. The summed E-state index contributed by atoms with van der Waals surface area (Å²) in [5.41, 5.74) is 0.400. The normalized spacial score (nSPS) is 10.2. The number of nitro groups is 1. The van der Waals surface area contributed by atoms with E-state index in [-0.39, 0.29) is 23.9 Å². The summed E-state index contributed by atoms with van der Waals surface area (Å²) in [6.45, 7) is 0.0823. The predicted molar refractivity (Wildman–Crippen MR) is 71.9 cm³/mol. The van der Waals surface area contributed by atoms with Crippen LogP contribution in [0.25, 0.3) is 0 Å². The topological polar surface area (TPSA) is 98.7 Å². The molecule has 21 heavy (non-hydrogen) atoms. The Morgan fingerprint density at radius 1 is 1.48 bits per heavy atom. The van der Waals surface area contributed by atoms with E-state index in [2.05, 4.69) is 5.16 Å². The zero-order valence-corrected chi connectivity index (χ0v) is 11.5. The van der Waals surface area contributed by atoms with E-state index in [1.807, 2.05) is 0 Å². The van der Waals surface area contributed by atoms with Gasteiger partial charge in [0.2, 0.25) is 5.76 Å². The number of para-hydroxylation sites is 1. The number of nitrogens with zero attached hydrogens (tertiary/aromatic N) is 3. The lowest BCUT2D eigenvalue weighted by molar-refractivity contribution is -0.385. The van der Waals surface area contributed by atoms with Crippen molar-refractivity contribution in [2.75, 3.05) is 14.2 Å². The van der Waals surface area contributed by atoms with Crippen molar-refractivity contribution in [3.8, 4) is 5.88 Å². The molecule has 1 aromatic heterocycles. The number of ether oxygens (including phenoxy) is 1. The molecule has 2 aromatic rings. The average Bonchev–Trinajstić information content (AvgIpc) is 2.95. The minimum Gasteiger partial charge on any atom is -0.479 e. The van der Waals surface area contributed by atoms with Gasteiger partial charge in [-0.25, -0.2) is 0 Å². The lowest BCUT2D eigenvalue weighted by Gasteiger charge is -2.15.